The van der Waals surface area contributed by atoms with Crippen LogP contribution in [0.5, 0.6) is 0 Å². The standard InChI is InChI=1S/C24H26Cl2N4O7/c1-4-35-21(32)24(22(33)36-5-2,27-20(31)15-25)29-28-18-9-7-8-10-19(18)30(23(34)37-6-3)17-13-11-16(26)12-14-17/h7-14H,4-6,15H2,1-3H3,(H,27,31). The minimum Gasteiger partial charge on any atom is -0.462 e. The van der Waals surface area contributed by atoms with Crippen molar-refractivity contribution in [1.29, 1.82) is 0 Å². The SMILES string of the molecule is CCOC(=O)N(c1ccc(Cl)cc1)c1ccccc1N=NC(NC(=O)CCl)(C(=O)OCC)C(=O)OCC. The zero-order valence-corrected chi connectivity index (χ0v) is 21.9. The molecular formula is C24H26Cl2N4O7. The molecule has 11 nitrogen and oxygen atoms in total. The van der Waals surface area contributed by atoms with Gasteiger partial charge >= 0.3 is 23.7 Å². The average Bonchev–Trinajstić information content (AvgIpc) is 2.88. The van der Waals surface area contributed by atoms with Gasteiger partial charge in [-0.1, -0.05) is 23.7 Å². The molecule has 13 heteroatoms. The molecule has 0 atom stereocenters. The van der Waals surface area contributed by atoms with Crippen LogP contribution in [0.1, 0.15) is 20.8 Å². The summed E-state index contributed by atoms with van der Waals surface area (Å²) in [7, 11) is 0. The Balaban J connectivity index is 2.69. The number of nitrogens with zero attached hydrogens (tertiary/aromatic N) is 3. The summed E-state index contributed by atoms with van der Waals surface area (Å²) in [6.07, 6.45) is -0.732. The lowest BCUT2D eigenvalue weighted by Crippen LogP contribution is -2.60. The maximum atomic E-state index is 12.9. The summed E-state index contributed by atoms with van der Waals surface area (Å²) >= 11 is 11.6. The van der Waals surface area contributed by atoms with E-state index in [1.54, 1.807) is 49.4 Å². The van der Waals surface area contributed by atoms with Gasteiger partial charge in [-0.25, -0.2) is 19.3 Å². The second-order valence-corrected chi connectivity index (χ2v) is 7.74. The van der Waals surface area contributed by atoms with Crippen molar-refractivity contribution >= 4 is 64.2 Å². The number of nitrogens with one attached hydrogen (secondary N) is 1. The maximum Gasteiger partial charge on any atom is 0.419 e. The molecule has 2 aromatic rings. The van der Waals surface area contributed by atoms with Crippen LogP contribution < -0.4 is 10.2 Å². The summed E-state index contributed by atoms with van der Waals surface area (Å²) < 4.78 is 15.2. The highest BCUT2D eigenvalue weighted by molar-refractivity contribution is 6.30. The molecular weight excluding hydrogens is 527 g/mol. The molecule has 2 rings (SSSR count). The molecule has 1 N–H and O–H groups in total. The molecule has 0 saturated carbocycles. The van der Waals surface area contributed by atoms with Crippen LogP contribution in [0.2, 0.25) is 5.02 Å². The van der Waals surface area contributed by atoms with Crippen LogP contribution in [-0.4, -0.2) is 55.3 Å². The number of carbonyl (C=O) groups is 4. The summed E-state index contributed by atoms with van der Waals surface area (Å²) in [5.74, 6) is -3.94. The summed E-state index contributed by atoms with van der Waals surface area (Å²) in [6.45, 7) is 4.49. The van der Waals surface area contributed by atoms with E-state index in [0.29, 0.717) is 10.7 Å². The summed E-state index contributed by atoms with van der Waals surface area (Å²) in [5, 5.41) is 10.6. The summed E-state index contributed by atoms with van der Waals surface area (Å²) in [4.78, 5) is 52.1. The normalized spacial score (nSPS) is 11.1. The van der Waals surface area contributed by atoms with Gasteiger partial charge in [-0.05, 0) is 57.2 Å². The molecule has 0 aliphatic heterocycles. The molecule has 198 valence electrons. The number of ether oxygens (including phenoxy) is 3. The minimum atomic E-state index is -2.68. The van der Waals surface area contributed by atoms with E-state index in [1.807, 2.05) is 0 Å². The van der Waals surface area contributed by atoms with Crippen molar-refractivity contribution in [2.45, 2.75) is 26.4 Å². The summed E-state index contributed by atoms with van der Waals surface area (Å²) in [5.41, 5.74) is -2.05. The fourth-order valence-electron chi connectivity index (χ4n) is 2.99. The molecule has 0 saturated heterocycles. The van der Waals surface area contributed by atoms with Gasteiger partial charge in [0.1, 0.15) is 11.6 Å². The fourth-order valence-corrected chi connectivity index (χ4v) is 3.18. The first-order chi connectivity index (χ1) is 17.7. The number of azo groups is 1. The second kappa shape index (κ2) is 14.1. The number of hydrogen-bond acceptors (Lipinski definition) is 9. The predicted octanol–water partition coefficient (Wildman–Crippen LogP) is 4.90. The van der Waals surface area contributed by atoms with Gasteiger partial charge in [-0.15, -0.1) is 16.7 Å². The van der Waals surface area contributed by atoms with Gasteiger partial charge in [-0.2, -0.15) is 5.11 Å². The maximum absolute atomic E-state index is 12.9. The van der Waals surface area contributed by atoms with Gasteiger partial charge in [0.2, 0.25) is 5.91 Å². The highest BCUT2D eigenvalue weighted by Crippen LogP contribution is 2.36. The average molecular weight is 553 g/mol. The molecule has 2 aromatic carbocycles. The third kappa shape index (κ3) is 7.40. The second-order valence-electron chi connectivity index (χ2n) is 7.03. The number of amides is 2. The predicted molar refractivity (Wildman–Crippen MR) is 136 cm³/mol. The van der Waals surface area contributed by atoms with Crippen LogP contribution >= 0.6 is 23.2 Å². The number of esters is 2. The zero-order chi connectivity index (χ0) is 27.4. The molecule has 37 heavy (non-hydrogen) atoms. The van der Waals surface area contributed by atoms with Gasteiger partial charge in [0.05, 0.1) is 31.2 Å². The molecule has 0 radical (unpaired) electrons. The molecule has 0 spiro atoms. The fraction of sp³-hybridized carbons (Fsp3) is 0.333. The number of para-hydroxylation sites is 1. The quantitative estimate of drug-likeness (QED) is 0.138. The van der Waals surface area contributed by atoms with Crippen LogP contribution in [0.25, 0.3) is 0 Å². The zero-order valence-electron chi connectivity index (χ0n) is 20.4. The van der Waals surface area contributed by atoms with Gasteiger partial charge in [-0.3, -0.25) is 4.79 Å². The van der Waals surface area contributed by atoms with Crippen LogP contribution in [0.15, 0.2) is 58.8 Å². The van der Waals surface area contributed by atoms with Crippen LogP contribution in [-0.2, 0) is 28.6 Å². The van der Waals surface area contributed by atoms with E-state index < -0.39 is 35.5 Å². The van der Waals surface area contributed by atoms with Gasteiger partial charge in [0.15, 0.2) is 0 Å². The van der Waals surface area contributed by atoms with E-state index in [0.717, 1.165) is 0 Å². The topological polar surface area (TPSA) is 136 Å². The van der Waals surface area contributed by atoms with Crippen LogP contribution in [0.4, 0.5) is 21.9 Å². The van der Waals surface area contributed by atoms with E-state index in [9.17, 15) is 19.2 Å². The van der Waals surface area contributed by atoms with Crippen molar-refractivity contribution < 1.29 is 33.4 Å². The number of halogens is 2. The Morgan fingerprint density at radius 1 is 0.892 bits per heavy atom. The number of hydrogen-bond donors (Lipinski definition) is 1. The van der Waals surface area contributed by atoms with E-state index >= 15 is 0 Å². The Labute approximate surface area is 223 Å². The van der Waals surface area contributed by atoms with Crippen LogP contribution in [0, 0.1) is 0 Å². The lowest BCUT2D eigenvalue weighted by molar-refractivity contribution is -0.167. The van der Waals surface area contributed by atoms with Crippen molar-refractivity contribution in [3.8, 4) is 0 Å². The van der Waals surface area contributed by atoms with E-state index in [-0.39, 0.29) is 31.2 Å². The Bertz CT molecular complexity index is 1120. The molecule has 0 aromatic heterocycles. The van der Waals surface area contributed by atoms with Gasteiger partial charge in [0, 0.05) is 5.02 Å². The Morgan fingerprint density at radius 3 is 2.00 bits per heavy atom. The van der Waals surface area contributed by atoms with Crippen molar-refractivity contribution in [3.05, 3.63) is 53.6 Å². The first-order valence-electron chi connectivity index (χ1n) is 11.2. The smallest absolute Gasteiger partial charge is 0.419 e. The molecule has 0 aliphatic rings. The van der Waals surface area contributed by atoms with Crippen molar-refractivity contribution in [3.63, 3.8) is 0 Å². The van der Waals surface area contributed by atoms with E-state index in [2.05, 4.69) is 15.5 Å². The number of carbonyl (C=O) groups excluding carboxylic acids is 4. The van der Waals surface area contributed by atoms with Crippen molar-refractivity contribution in [1.82, 2.24) is 5.32 Å². The minimum absolute atomic E-state index is 0.0450. The first-order valence-corrected chi connectivity index (χ1v) is 12.1. The van der Waals surface area contributed by atoms with E-state index in [1.165, 1.54) is 24.8 Å². The highest BCUT2D eigenvalue weighted by atomic mass is 35.5. The van der Waals surface area contributed by atoms with Crippen LogP contribution in [0.3, 0.4) is 0 Å². The molecule has 2 amide bonds. The van der Waals surface area contributed by atoms with E-state index in [4.69, 9.17) is 37.4 Å². The largest absolute Gasteiger partial charge is 0.462 e. The molecule has 0 fully saturated rings. The molecule has 0 aliphatic carbocycles. The van der Waals surface area contributed by atoms with Crippen molar-refractivity contribution in [2.24, 2.45) is 10.2 Å². The number of alkyl halides is 1. The third-order valence-electron chi connectivity index (χ3n) is 4.55. The lowest BCUT2D eigenvalue weighted by atomic mass is 10.1. The van der Waals surface area contributed by atoms with Crippen molar-refractivity contribution in [2.75, 3.05) is 30.6 Å². The number of rotatable bonds is 11. The number of benzene rings is 2. The Morgan fingerprint density at radius 2 is 1.46 bits per heavy atom. The molecule has 0 heterocycles. The highest BCUT2D eigenvalue weighted by Gasteiger charge is 2.52. The molecule has 0 unspecified atom stereocenters. The Kier molecular flexibility index (Phi) is 11.3. The Hall–Kier alpha value is -3.70. The number of anilines is 2. The monoisotopic (exact) mass is 552 g/mol. The lowest BCUT2D eigenvalue weighted by Gasteiger charge is -2.25. The first kappa shape index (κ1) is 29.5. The molecule has 0 bridgehead atoms. The third-order valence-corrected chi connectivity index (χ3v) is 5.04. The van der Waals surface area contributed by atoms with Gasteiger partial charge < -0.3 is 19.5 Å². The summed E-state index contributed by atoms with van der Waals surface area (Å²) in [6, 6.07) is 12.6. The van der Waals surface area contributed by atoms with Gasteiger partial charge in [0.25, 0.3) is 0 Å².